The number of benzene rings is 1. The maximum Gasteiger partial charge on any atom is 0.0468 e. The average molecular weight is 329 g/mol. The molecule has 2 unspecified atom stereocenters. The molecule has 0 aliphatic carbocycles. The minimum Gasteiger partial charge on any atom is -0.313 e. The molecule has 2 nitrogen and oxygen atoms in total. The zero-order valence-corrected chi connectivity index (χ0v) is 14.6. The maximum absolute atomic E-state index is 6.39. The van der Waals surface area contributed by atoms with Crippen LogP contribution in [-0.4, -0.2) is 30.6 Å². The molecule has 1 aliphatic rings. The van der Waals surface area contributed by atoms with Gasteiger partial charge in [0, 0.05) is 28.7 Å². The molecule has 118 valence electrons. The second-order valence-corrected chi connectivity index (χ2v) is 6.83. The highest BCUT2D eigenvalue weighted by Crippen LogP contribution is 2.30. The van der Waals surface area contributed by atoms with Crippen LogP contribution in [0.15, 0.2) is 18.2 Å². The van der Waals surface area contributed by atoms with E-state index in [0.717, 1.165) is 24.7 Å². The molecule has 1 N–H and O–H groups in total. The molecule has 0 radical (unpaired) electrons. The summed E-state index contributed by atoms with van der Waals surface area (Å²) in [5.74, 6) is 0. The molecule has 4 heteroatoms. The van der Waals surface area contributed by atoms with Crippen LogP contribution in [0.4, 0.5) is 0 Å². The van der Waals surface area contributed by atoms with Gasteiger partial charge in [0.1, 0.15) is 0 Å². The lowest BCUT2D eigenvalue weighted by atomic mass is 10.0. The van der Waals surface area contributed by atoms with Crippen LogP contribution in [0.25, 0.3) is 0 Å². The Bertz CT molecular complexity index is 444. The van der Waals surface area contributed by atoms with Gasteiger partial charge in [-0.2, -0.15) is 0 Å². The van der Waals surface area contributed by atoms with Crippen molar-refractivity contribution < 1.29 is 0 Å². The summed E-state index contributed by atoms with van der Waals surface area (Å²) in [6, 6.07) is 6.79. The summed E-state index contributed by atoms with van der Waals surface area (Å²) in [4.78, 5) is 2.56. The van der Waals surface area contributed by atoms with Gasteiger partial charge in [0.15, 0.2) is 0 Å². The summed E-state index contributed by atoms with van der Waals surface area (Å²) in [6.07, 6.45) is 5.02. The standard InChI is InChI=1S/C17H26Cl2N2/c1-3-4-10-21(12-15-6-5-9-20-15)13(2)16-8-7-14(18)11-17(16)19/h7-8,11,13,15,20H,3-6,9-10,12H2,1-2H3. The highest BCUT2D eigenvalue weighted by atomic mass is 35.5. The Labute approximate surface area is 138 Å². The summed E-state index contributed by atoms with van der Waals surface area (Å²) in [5, 5.41) is 5.07. The molecule has 2 rings (SSSR count). The minimum atomic E-state index is 0.323. The van der Waals surface area contributed by atoms with Gasteiger partial charge in [-0.05, 0) is 57.0 Å². The fourth-order valence-corrected chi connectivity index (χ4v) is 3.60. The molecule has 1 heterocycles. The number of hydrogen-bond acceptors (Lipinski definition) is 2. The Hall–Kier alpha value is -0.280. The normalized spacial score (nSPS) is 20.1. The van der Waals surface area contributed by atoms with Gasteiger partial charge >= 0.3 is 0 Å². The molecule has 0 aromatic heterocycles. The van der Waals surface area contributed by atoms with Crippen molar-refractivity contribution in [3.63, 3.8) is 0 Å². The van der Waals surface area contributed by atoms with E-state index in [1.54, 1.807) is 0 Å². The second kappa shape index (κ2) is 8.38. The lowest BCUT2D eigenvalue weighted by Crippen LogP contribution is -2.39. The molecule has 2 atom stereocenters. The highest BCUT2D eigenvalue weighted by Gasteiger charge is 2.23. The zero-order chi connectivity index (χ0) is 15.2. The van der Waals surface area contributed by atoms with Crippen LogP contribution in [-0.2, 0) is 0 Å². The highest BCUT2D eigenvalue weighted by molar-refractivity contribution is 6.35. The van der Waals surface area contributed by atoms with E-state index in [9.17, 15) is 0 Å². The van der Waals surface area contributed by atoms with Crippen molar-refractivity contribution in [1.29, 1.82) is 0 Å². The lowest BCUT2D eigenvalue weighted by Gasteiger charge is -2.32. The van der Waals surface area contributed by atoms with Gasteiger partial charge in [0.25, 0.3) is 0 Å². The van der Waals surface area contributed by atoms with Crippen LogP contribution >= 0.6 is 23.2 Å². The summed E-state index contributed by atoms with van der Waals surface area (Å²) < 4.78 is 0. The van der Waals surface area contributed by atoms with Gasteiger partial charge < -0.3 is 5.32 Å². The summed E-state index contributed by atoms with van der Waals surface area (Å²) in [6.45, 7) is 7.86. The van der Waals surface area contributed by atoms with E-state index in [-0.39, 0.29) is 0 Å². The molecule has 0 bridgehead atoms. The van der Waals surface area contributed by atoms with Gasteiger partial charge in [0.2, 0.25) is 0 Å². The van der Waals surface area contributed by atoms with E-state index in [2.05, 4.69) is 30.1 Å². The van der Waals surface area contributed by atoms with Crippen LogP contribution in [0.5, 0.6) is 0 Å². The van der Waals surface area contributed by atoms with Crippen molar-refractivity contribution in [2.24, 2.45) is 0 Å². The Kier molecular flexibility index (Phi) is 6.81. The molecular formula is C17H26Cl2N2. The smallest absolute Gasteiger partial charge is 0.0468 e. The molecule has 1 saturated heterocycles. The number of rotatable bonds is 7. The van der Waals surface area contributed by atoms with Gasteiger partial charge in [-0.25, -0.2) is 0 Å². The Morgan fingerprint density at radius 3 is 2.81 bits per heavy atom. The summed E-state index contributed by atoms with van der Waals surface area (Å²) in [7, 11) is 0. The average Bonchev–Trinajstić information content (AvgIpc) is 2.95. The van der Waals surface area contributed by atoms with Crippen LogP contribution in [0.2, 0.25) is 10.0 Å². The van der Waals surface area contributed by atoms with E-state index in [1.807, 2.05) is 12.1 Å². The zero-order valence-electron chi connectivity index (χ0n) is 13.0. The number of hydrogen-bond donors (Lipinski definition) is 1. The number of halogens is 2. The van der Waals surface area contributed by atoms with Crippen molar-refractivity contribution in [2.45, 2.75) is 51.6 Å². The SMILES string of the molecule is CCCCN(CC1CCCN1)C(C)c1ccc(Cl)cc1Cl. The van der Waals surface area contributed by atoms with Crippen molar-refractivity contribution in [3.05, 3.63) is 33.8 Å². The van der Waals surface area contributed by atoms with Crippen LogP contribution in [0.3, 0.4) is 0 Å². The van der Waals surface area contributed by atoms with E-state index >= 15 is 0 Å². The minimum absolute atomic E-state index is 0.323. The fourth-order valence-electron chi connectivity index (χ4n) is 3.04. The molecule has 1 aliphatic heterocycles. The van der Waals surface area contributed by atoms with Crippen LogP contribution in [0.1, 0.15) is 51.1 Å². The first kappa shape index (κ1) is 17.1. The summed E-state index contributed by atoms with van der Waals surface area (Å²) in [5.41, 5.74) is 1.18. The third-order valence-electron chi connectivity index (χ3n) is 4.38. The van der Waals surface area contributed by atoms with Gasteiger partial charge in [-0.1, -0.05) is 42.6 Å². The summed E-state index contributed by atoms with van der Waals surface area (Å²) >= 11 is 12.4. The first-order valence-corrected chi connectivity index (χ1v) is 8.79. The Morgan fingerprint density at radius 1 is 1.38 bits per heavy atom. The number of nitrogens with one attached hydrogen (secondary N) is 1. The van der Waals surface area contributed by atoms with E-state index in [4.69, 9.17) is 23.2 Å². The fraction of sp³-hybridized carbons (Fsp3) is 0.647. The largest absolute Gasteiger partial charge is 0.313 e. The predicted octanol–water partition coefficient (Wildman–Crippen LogP) is 4.91. The Balaban J connectivity index is 2.09. The Morgan fingerprint density at radius 2 is 2.19 bits per heavy atom. The molecule has 0 amide bonds. The van der Waals surface area contributed by atoms with Crippen molar-refractivity contribution in [1.82, 2.24) is 10.2 Å². The first-order valence-electron chi connectivity index (χ1n) is 8.04. The molecule has 21 heavy (non-hydrogen) atoms. The molecule has 0 spiro atoms. The molecule has 1 aromatic rings. The van der Waals surface area contributed by atoms with Gasteiger partial charge in [-0.3, -0.25) is 4.90 Å². The van der Waals surface area contributed by atoms with Gasteiger partial charge in [-0.15, -0.1) is 0 Å². The lowest BCUT2D eigenvalue weighted by molar-refractivity contribution is 0.189. The third kappa shape index (κ3) is 4.85. The number of nitrogens with zero attached hydrogens (tertiary/aromatic N) is 1. The van der Waals surface area contributed by atoms with Crippen LogP contribution < -0.4 is 5.32 Å². The van der Waals surface area contributed by atoms with Crippen molar-refractivity contribution in [2.75, 3.05) is 19.6 Å². The topological polar surface area (TPSA) is 15.3 Å². The third-order valence-corrected chi connectivity index (χ3v) is 4.94. The van der Waals surface area contributed by atoms with Crippen molar-refractivity contribution in [3.8, 4) is 0 Å². The molecular weight excluding hydrogens is 303 g/mol. The maximum atomic E-state index is 6.39. The van der Waals surface area contributed by atoms with E-state index < -0.39 is 0 Å². The molecule has 0 saturated carbocycles. The van der Waals surface area contributed by atoms with E-state index in [0.29, 0.717) is 17.1 Å². The first-order chi connectivity index (χ1) is 10.1. The molecule has 1 fully saturated rings. The number of unbranched alkanes of at least 4 members (excludes halogenated alkanes) is 1. The predicted molar refractivity (Wildman–Crippen MR) is 92.4 cm³/mol. The van der Waals surface area contributed by atoms with Gasteiger partial charge in [0.05, 0.1) is 0 Å². The second-order valence-electron chi connectivity index (χ2n) is 5.98. The monoisotopic (exact) mass is 328 g/mol. The van der Waals surface area contributed by atoms with Crippen molar-refractivity contribution >= 4 is 23.2 Å². The molecule has 1 aromatic carbocycles. The van der Waals surface area contributed by atoms with Crippen LogP contribution in [0, 0.1) is 0 Å². The van der Waals surface area contributed by atoms with E-state index in [1.165, 1.54) is 31.2 Å². The quantitative estimate of drug-likeness (QED) is 0.765.